The monoisotopic (exact) mass is 329 g/mol. The molecule has 3 unspecified atom stereocenters. The molecule has 1 N–H and O–H groups in total. The van der Waals surface area contributed by atoms with E-state index in [4.69, 9.17) is 16.3 Å². The van der Waals surface area contributed by atoms with Crippen LogP contribution in [0.2, 0.25) is 5.02 Å². The minimum Gasteiger partial charge on any atom is -0.480 e. The molecule has 0 bridgehead atoms. The minimum atomic E-state index is -0.995. The van der Waals surface area contributed by atoms with Crippen molar-refractivity contribution in [3.63, 3.8) is 0 Å². The van der Waals surface area contributed by atoms with Crippen molar-refractivity contribution < 1.29 is 19.4 Å². The molecule has 1 aromatic rings. The van der Waals surface area contributed by atoms with Gasteiger partial charge in [0, 0.05) is 5.75 Å². The maximum Gasteiger partial charge on any atom is 0.327 e. The zero-order valence-electron chi connectivity index (χ0n) is 11.7. The van der Waals surface area contributed by atoms with Crippen LogP contribution in [0.15, 0.2) is 24.3 Å². The second kappa shape index (κ2) is 6.58. The van der Waals surface area contributed by atoms with E-state index in [1.807, 2.05) is 6.92 Å². The summed E-state index contributed by atoms with van der Waals surface area (Å²) in [6, 6.07) is 6.05. The van der Waals surface area contributed by atoms with Gasteiger partial charge in [0.2, 0.25) is 0 Å². The van der Waals surface area contributed by atoms with Gasteiger partial charge in [0.1, 0.15) is 11.8 Å². The Morgan fingerprint density at radius 3 is 2.76 bits per heavy atom. The Morgan fingerprint density at radius 2 is 2.14 bits per heavy atom. The van der Waals surface area contributed by atoms with Gasteiger partial charge in [-0.05, 0) is 26.0 Å². The van der Waals surface area contributed by atoms with E-state index in [1.54, 1.807) is 31.2 Å². The van der Waals surface area contributed by atoms with Crippen molar-refractivity contribution in [3.8, 4) is 5.75 Å². The van der Waals surface area contributed by atoms with Gasteiger partial charge in [-0.15, -0.1) is 11.8 Å². The van der Waals surface area contributed by atoms with Crippen molar-refractivity contribution >= 4 is 35.2 Å². The molecule has 114 valence electrons. The number of hydrogen-bond acceptors (Lipinski definition) is 4. The van der Waals surface area contributed by atoms with Gasteiger partial charge in [-0.25, -0.2) is 4.79 Å². The summed E-state index contributed by atoms with van der Waals surface area (Å²) in [7, 11) is 0. The van der Waals surface area contributed by atoms with Crippen LogP contribution < -0.4 is 4.74 Å². The van der Waals surface area contributed by atoms with Gasteiger partial charge < -0.3 is 14.7 Å². The summed E-state index contributed by atoms with van der Waals surface area (Å²) in [5.74, 6) is -0.544. The zero-order valence-corrected chi connectivity index (χ0v) is 13.2. The lowest BCUT2D eigenvalue weighted by Crippen LogP contribution is -2.49. The van der Waals surface area contributed by atoms with Gasteiger partial charge >= 0.3 is 5.97 Å². The first-order valence-electron chi connectivity index (χ1n) is 6.49. The summed E-state index contributed by atoms with van der Waals surface area (Å²) in [5, 5.41) is 9.43. The number of nitrogens with zero attached hydrogens (tertiary/aromatic N) is 1. The molecule has 1 amide bonds. The Labute approximate surface area is 132 Å². The van der Waals surface area contributed by atoms with E-state index in [0.29, 0.717) is 16.5 Å². The fourth-order valence-electron chi connectivity index (χ4n) is 2.16. The highest BCUT2D eigenvalue weighted by Gasteiger charge is 2.41. The van der Waals surface area contributed by atoms with Crippen LogP contribution in [-0.2, 0) is 9.59 Å². The predicted molar refractivity (Wildman–Crippen MR) is 81.7 cm³/mol. The molecule has 0 radical (unpaired) electrons. The van der Waals surface area contributed by atoms with Gasteiger partial charge in [0.25, 0.3) is 5.91 Å². The number of hydrogen-bond donors (Lipinski definition) is 1. The number of halogens is 1. The molecule has 0 aliphatic carbocycles. The molecule has 3 atom stereocenters. The number of thioether (sulfide) groups is 1. The summed E-state index contributed by atoms with van der Waals surface area (Å²) in [6.45, 7) is 3.41. The number of carbonyl (C=O) groups excluding carboxylic acids is 1. The summed E-state index contributed by atoms with van der Waals surface area (Å²) in [4.78, 5) is 25.1. The number of rotatable bonds is 4. The summed E-state index contributed by atoms with van der Waals surface area (Å²) >= 11 is 7.43. The van der Waals surface area contributed by atoms with Crippen LogP contribution in [0.3, 0.4) is 0 Å². The largest absolute Gasteiger partial charge is 0.480 e. The van der Waals surface area contributed by atoms with Crippen LogP contribution in [0.25, 0.3) is 0 Å². The van der Waals surface area contributed by atoms with Gasteiger partial charge in [-0.1, -0.05) is 23.7 Å². The van der Waals surface area contributed by atoms with Crippen molar-refractivity contribution in [2.24, 2.45) is 0 Å². The number of amides is 1. The number of para-hydroxylation sites is 1. The SMILES string of the molecule is CC(Oc1ccccc1Cl)C(=O)N1C(C)SCC1C(=O)O. The molecular formula is C14H16ClNO4S. The molecule has 1 fully saturated rings. The van der Waals surface area contributed by atoms with E-state index < -0.39 is 18.1 Å². The Kier molecular flexibility index (Phi) is 5.00. The number of aliphatic carboxylic acids is 1. The highest BCUT2D eigenvalue weighted by Crippen LogP contribution is 2.31. The maximum absolute atomic E-state index is 12.5. The first-order chi connectivity index (χ1) is 9.91. The molecular weight excluding hydrogens is 314 g/mol. The van der Waals surface area contributed by atoms with Gasteiger partial charge in [-0.2, -0.15) is 0 Å². The maximum atomic E-state index is 12.5. The van der Waals surface area contributed by atoms with Crippen LogP contribution in [0.4, 0.5) is 0 Å². The van der Waals surface area contributed by atoms with Gasteiger partial charge in [-0.3, -0.25) is 4.79 Å². The molecule has 7 heteroatoms. The second-order valence-electron chi connectivity index (χ2n) is 4.72. The standard InChI is InChI=1S/C14H16ClNO4S/c1-8(20-12-6-4-3-5-10(12)15)13(17)16-9(2)21-7-11(16)14(18)19/h3-6,8-9,11H,7H2,1-2H3,(H,18,19). The highest BCUT2D eigenvalue weighted by atomic mass is 35.5. The average molecular weight is 330 g/mol. The molecule has 2 rings (SSSR count). The number of carbonyl (C=O) groups is 2. The van der Waals surface area contributed by atoms with Crippen molar-refractivity contribution in [2.75, 3.05) is 5.75 Å². The molecule has 0 aromatic heterocycles. The second-order valence-corrected chi connectivity index (χ2v) is 6.48. The first kappa shape index (κ1) is 16.0. The van der Waals surface area contributed by atoms with E-state index in [0.717, 1.165) is 0 Å². The normalized spacial score (nSPS) is 22.9. The van der Waals surface area contributed by atoms with E-state index in [9.17, 15) is 14.7 Å². The third-order valence-corrected chi connectivity index (χ3v) is 4.78. The zero-order chi connectivity index (χ0) is 15.6. The summed E-state index contributed by atoms with van der Waals surface area (Å²) in [5.41, 5.74) is 0. The molecule has 1 heterocycles. The number of carboxylic acid groups (broad SMARTS) is 1. The third kappa shape index (κ3) is 3.44. The van der Waals surface area contributed by atoms with E-state index in [1.165, 1.54) is 16.7 Å². The van der Waals surface area contributed by atoms with Crippen LogP contribution in [-0.4, -0.2) is 45.2 Å². The van der Waals surface area contributed by atoms with Crippen molar-refractivity contribution in [1.29, 1.82) is 0 Å². The number of carboxylic acids is 1. The smallest absolute Gasteiger partial charge is 0.327 e. The molecule has 5 nitrogen and oxygen atoms in total. The molecule has 1 aliphatic heterocycles. The molecule has 1 saturated heterocycles. The van der Waals surface area contributed by atoms with Crippen molar-refractivity contribution in [3.05, 3.63) is 29.3 Å². The minimum absolute atomic E-state index is 0.184. The Morgan fingerprint density at radius 1 is 1.48 bits per heavy atom. The Balaban J connectivity index is 2.11. The molecule has 1 aliphatic rings. The van der Waals surface area contributed by atoms with Crippen molar-refractivity contribution in [1.82, 2.24) is 4.90 Å². The molecule has 0 saturated carbocycles. The highest BCUT2D eigenvalue weighted by molar-refractivity contribution is 8.00. The Bertz CT molecular complexity index is 554. The van der Waals surface area contributed by atoms with Crippen LogP contribution >= 0.6 is 23.4 Å². The fraction of sp³-hybridized carbons (Fsp3) is 0.429. The molecule has 0 spiro atoms. The lowest BCUT2D eigenvalue weighted by Gasteiger charge is -2.28. The summed E-state index contributed by atoms with van der Waals surface area (Å²) in [6.07, 6.45) is -0.798. The van der Waals surface area contributed by atoms with Crippen LogP contribution in [0.5, 0.6) is 5.75 Å². The predicted octanol–water partition coefficient (Wildman–Crippen LogP) is 2.48. The van der Waals surface area contributed by atoms with Gasteiger partial charge in [0.15, 0.2) is 6.10 Å². The van der Waals surface area contributed by atoms with Crippen LogP contribution in [0, 0.1) is 0 Å². The Hall–Kier alpha value is -1.40. The lowest BCUT2D eigenvalue weighted by molar-refractivity contribution is -0.151. The average Bonchev–Trinajstić information content (AvgIpc) is 2.82. The first-order valence-corrected chi connectivity index (χ1v) is 7.92. The van der Waals surface area contributed by atoms with E-state index in [2.05, 4.69) is 0 Å². The number of ether oxygens (including phenoxy) is 1. The lowest BCUT2D eigenvalue weighted by atomic mass is 10.2. The molecule has 21 heavy (non-hydrogen) atoms. The van der Waals surface area contributed by atoms with Crippen molar-refractivity contribution in [2.45, 2.75) is 31.4 Å². The van der Waals surface area contributed by atoms with Gasteiger partial charge in [0.05, 0.1) is 10.4 Å². The van der Waals surface area contributed by atoms with Crippen LogP contribution in [0.1, 0.15) is 13.8 Å². The topological polar surface area (TPSA) is 66.8 Å². The van der Waals surface area contributed by atoms with E-state index in [-0.39, 0.29) is 11.3 Å². The number of benzene rings is 1. The summed E-state index contributed by atoms with van der Waals surface area (Å²) < 4.78 is 5.57. The quantitative estimate of drug-likeness (QED) is 0.919. The third-order valence-electron chi connectivity index (χ3n) is 3.25. The fourth-order valence-corrected chi connectivity index (χ4v) is 3.51. The molecule has 1 aromatic carbocycles. The van der Waals surface area contributed by atoms with E-state index >= 15 is 0 Å².